The van der Waals surface area contributed by atoms with E-state index in [1.54, 1.807) is 0 Å². The smallest absolute Gasteiger partial charge is 0.191 e. The molecule has 22 heavy (non-hydrogen) atoms. The van der Waals surface area contributed by atoms with Crippen LogP contribution in [0.3, 0.4) is 0 Å². The number of likely N-dealkylation sites (tertiary alicyclic amines) is 1. The van der Waals surface area contributed by atoms with Gasteiger partial charge in [-0.2, -0.15) is 0 Å². The van der Waals surface area contributed by atoms with Gasteiger partial charge in [0, 0.05) is 29.4 Å². The number of aliphatic imine (C=N–C) groups is 1. The van der Waals surface area contributed by atoms with Crippen molar-refractivity contribution in [1.29, 1.82) is 0 Å². The van der Waals surface area contributed by atoms with Crippen LogP contribution in [0.5, 0.6) is 0 Å². The van der Waals surface area contributed by atoms with Gasteiger partial charge in [-0.3, -0.25) is 0 Å². The fraction of sp³-hybridized carbons (Fsp3) is 0.688. The molecule has 0 saturated carbocycles. The SMILES string of the molecule is CCNC(=NCc1ccc(C)s1)NCC1CCCN(C)C1.I. The Kier molecular flexibility index (Phi) is 9.35. The molecule has 0 bridgehead atoms. The first-order valence-electron chi connectivity index (χ1n) is 7.93. The monoisotopic (exact) mass is 436 g/mol. The summed E-state index contributed by atoms with van der Waals surface area (Å²) < 4.78 is 0. The van der Waals surface area contributed by atoms with Crippen LogP contribution in [0.15, 0.2) is 17.1 Å². The van der Waals surface area contributed by atoms with Crippen molar-refractivity contribution in [3.05, 3.63) is 21.9 Å². The second-order valence-electron chi connectivity index (χ2n) is 5.86. The molecule has 1 aromatic heterocycles. The Morgan fingerprint density at radius 3 is 2.86 bits per heavy atom. The maximum Gasteiger partial charge on any atom is 0.191 e. The molecular weight excluding hydrogens is 407 g/mol. The summed E-state index contributed by atoms with van der Waals surface area (Å²) >= 11 is 1.82. The Hall–Kier alpha value is -0.340. The third-order valence-electron chi connectivity index (χ3n) is 3.81. The minimum Gasteiger partial charge on any atom is -0.357 e. The van der Waals surface area contributed by atoms with Crippen LogP contribution in [0.4, 0.5) is 0 Å². The molecule has 0 aliphatic carbocycles. The molecule has 2 heterocycles. The summed E-state index contributed by atoms with van der Waals surface area (Å²) in [6.45, 7) is 9.36. The van der Waals surface area contributed by atoms with Crippen LogP contribution in [-0.2, 0) is 6.54 Å². The van der Waals surface area contributed by atoms with Gasteiger partial charge in [0.2, 0.25) is 0 Å². The third-order valence-corrected chi connectivity index (χ3v) is 4.80. The van der Waals surface area contributed by atoms with Gasteiger partial charge in [0.15, 0.2) is 5.96 Å². The van der Waals surface area contributed by atoms with E-state index in [0.29, 0.717) is 0 Å². The quantitative estimate of drug-likeness (QED) is 0.424. The number of nitrogens with one attached hydrogen (secondary N) is 2. The van der Waals surface area contributed by atoms with Gasteiger partial charge in [-0.05, 0) is 58.3 Å². The number of aryl methyl sites for hydroxylation is 1. The molecule has 0 spiro atoms. The summed E-state index contributed by atoms with van der Waals surface area (Å²) in [6, 6.07) is 4.33. The predicted molar refractivity (Wildman–Crippen MR) is 108 cm³/mol. The third kappa shape index (κ3) is 6.83. The van der Waals surface area contributed by atoms with Crippen LogP contribution in [0.2, 0.25) is 0 Å². The molecule has 0 aromatic carbocycles. The lowest BCUT2D eigenvalue weighted by molar-refractivity contribution is 0.210. The number of piperidine rings is 1. The maximum atomic E-state index is 4.69. The summed E-state index contributed by atoms with van der Waals surface area (Å²) in [6.07, 6.45) is 2.63. The Labute approximate surface area is 155 Å². The lowest BCUT2D eigenvalue weighted by atomic mass is 9.99. The topological polar surface area (TPSA) is 39.7 Å². The molecule has 2 rings (SSSR count). The first-order valence-corrected chi connectivity index (χ1v) is 8.75. The lowest BCUT2D eigenvalue weighted by Gasteiger charge is -2.30. The summed E-state index contributed by atoms with van der Waals surface area (Å²) in [5.74, 6) is 1.67. The van der Waals surface area contributed by atoms with E-state index in [0.717, 1.165) is 31.5 Å². The van der Waals surface area contributed by atoms with Gasteiger partial charge in [-0.15, -0.1) is 35.3 Å². The van der Waals surface area contributed by atoms with Crippen LogP contribution >= 0.6 is 35.3 Å². The van der Waals surface area contributed by atoms with Crippen molar-refractivity contribution in [1.82, 2.24) is 15.5 Å². The molecule has 1 aliphatic heterocycles. The molecule has 0 radical (unpaired) electrons. The maximum absolute atomic E-state index is 4.69. The zero-order chi connectivity index (χ0) is 15.1. The van der Waals surface area contributed by atoms with Gasteiger partial charge >= 0.3 is 0 Å². The van der Waals surface area contributed by atoms with Gasteiger partial charge in [0.1, 0.15) is 0 Å². The van der Waals surface area contributed by atoms with Crippen molar-refractivity contribution < 1.29 is 0 Å². The molecule has 1 atom stereocenters. The molecule has 1 saturated heterocycles. The fourth-order valence-corrected chi connectivity index (χ4v) is 3.56. The van der Waals surface area contributed by atoms with Crippen molar-refractivity contribution in [3.8, 4) is 0 Å². The second kappa shape index (κ2) is 10.4. The fourth-order valence-electron chi connectivity index (χ4n) is 2.75. The highest BCUT2D eigenvalue weighted by Crippen LogP contribution is 2.16. The van der Waals surface area contributed by atoms with Crippen LogP contribution in [0, 0.1) is 12.8 Å². The molecule has 1 aromatic rings. The zero-order valence-corrected chi connectivity index (χ0v) is 17.0. The Morgan fingerprint density at radius 1 is 1.41 bits per heavy atom. The molecule has 2 N–H and O–H groups in total. The van der Waals surface area contributed by atoms with Crippen LogP contribution < -0.4 is 10.6 Å². The standard InChI is InChI=1S/C16H28N4S.HI/c1-4-17-16(19-11-15-8-7-13(2)21-15)18-10-14-6-5-9-20(3)12-14;/h7-8,14H,4-6,9-12H2,1-3H3,(H2,17,18,19);1H. The average Bonchev–Trinajstić information content (AvgIpc) is 2.88. The van der Waals surface area contributed by atoms with Gasteiger partial charge in [0.25, 0.3) is 0 Å². The largest absolute Gasteiger partial charge is 0.357 e. The second-order valence-corrected chi connectivity index (χ2v) is 7.23. The van der Waals surface area contributed by atoms with Crippen molar-refractivity contribution in [2.24, 2.45) is 10.9 Å². The van der Waals surface area contributed by atoms with E-state index in [2.05, 4.69) is 48.6 Å². The molecule has 4 nitrogen and oxygen atoms in total. The first-order chi connectivity index (χ1) is 10.2. The van der Waals surface area contributed by atoms with Gasteiger partial charge < -0.3 is 15.5 Å². The summed E-state index contributed by atoms with van der Waals surface area (Å²) in [5, 5.41) is 6.85. The summed E-state index contributed by atoms with van der Waals surface area (Å²) in [4.78, 5) is 9.79. The van der Waals surface area contributed by atoms with Crippen LogP contribution in [-0.4, -0.2) is 44.1 Å². The van der Waals surface area contributed by atoms with E-state index in [1.165, 1.54) is 35.7 Å². The van der Waals surface area contributed by atoms with E-state index in [-0.39, 0.29) is 24.0 Å². The molecule has 126 valence electrons. The Bertz CT molecular complexity index is 461. The van der Waals surface area contributed by atoms with Crippen molar-refractivity contribution >= 4 is 41.3 Å². The highest BCUT2D eigenvalue weighted by molar-refractivity contribution is 14.0. The molecule has 1 fully saturated rings. The summed E-state index contributed by atoms with van der Waals surface area (Å²) in [5.41, 5.74) is 0. The normalized spacial score (nSPS) is 19.6. The Balaban J connectivity index is 0.00000242. The minimum atomic E-state index is 0. The number of thiophene rings is 1. The number of hydrogen-bond acceptors (Lipinski definition) is 3. The highest BCUT2D eigenvalue weighted by Gasteiger charge is 2.17. The molecule has 6 heteroatoms. The molecule has 1 unspecified atom stereocenters. The first kappa shape index (κ1) is 19.7. The lowest BCUT2D eigenvalue weighted by Crippen LogP contribution is -2.43. The van der Waals surface area contributed by atoms with E-state index < -0.39 is 0 Å². The van der Waals surface area contributed by atoms with E-state index in [4.69, 9.17) is 4.99 Å². The number of rotatable bonds is 5. The van der Waals surface area contributed by atoms with Crippen molar-refractivity contribution in [3.63, 3.8) is 0 Å². The van der Waals surface area contributed by atoms with Crippen molar-refractivity contribution in [2.75, 3.05) is 33.2 Å². The number of nitrogens with zero attached hydrogens (tertiary/aromatic N) is 2. The average molecular weight is 436 g/mol. The minimum absolute atomic E-state index is 0. The Morgan fingerprint density at radius 2 is 2.23 bits per heavy atom. The molecule has 1 aliphatic rings. The van der Waals surface area contributed by atoms with Crippen molar-refractivity contribution in [2.45, 2.75) is 33.2 Å². The molecule has 0 amide bonds. The van der Waals surface area contributed by atoms with E-state index in [1.807, 2.05) is 11.3 Å². The number of halogens is 1. The zero-order valence-electron chi connectivity index (χ0n) is 13.9. The van der Waals surface area contributed by atoms with E-state index >= 15 is 0 Å². The molecular formula is C16H29IN4S. The highest BCUT2D eigenvalue weighted by atomic mass is 127. The predicted octanol–water partition coefficient (Wildman–Crippen LogP) is 3.07. The van der Waals surface area contributed by atoms with E-state index in [9.17, 15) is 0 Å². The van der Waals surface area contributed by atoms with Crippen LogP contribution in [0.1, 0.15) is 29.5 Å². The number of hydrogen-bond donors (Lipinski definition) is 2. The van der Waals surface area contributed by atoms with Crippen LogP contribution in [0.25, 0.3) is 0 Å². The summed E-state index contributed by atoms with van der Waals surface area (Å²) in [7, 11) is 2.21. The van der Waals surface area contributed by atoms with Gasteiger partial charge in [-0.25, -0.2) is 4.99 Å². The number of guanidine groups is 1. The van der Waals surface area contributed by atoms with Gasteiger partial charge in [-0.1, -0.05) is 0 Å². The van der Waals surface area contributed by atoms with Gasteiger partial charge in [0.05, 0.1) is 6.54 Å².